The normalized spacial score (nSPS) is 11.6. The lowest BCUT2D eigenvalue weighted by molar-refractivity contribution is -0.137. The summed E-state index contributed by atoms with van der Waals surface area (Å²) in [6.45, 7) is 2.70. The number of rotatable bonds is 10. The SMILES string of the molecule is CCCOc1ccc(CCC(=O)NC(CC(=O)O)c2ccc(F)cc2)cc1. The van der Waals surface area contributed by atoms with Crippen molar-refractivity contribution in [3.05, 3.63) is 65.5 Å². The predicted octanol–water partition coefficient (Wildman–Crippen LogP) is 3.88. The van der Waals surface area contributed by atoms with Crippen molar-refractivity contribution >= 4 is 11.9 Å². The average molecular weight is 373 g/mol. The Bertz CT molecular complexity index is 744. The molecular weight excluding hydrogens is 349 g/mol. The van der Waals surface area contributed by atoms with Crippen LogP contribution in [-0.4, -0.2) is 23.6 Å². The second-order valence-corrected chi connectivity index (χ2v) is 6.26. The number of carboxylic acids is 1. The highest BCUT2D eigenvalue weighted by Gasteiger charge is 2.18. The quantitative estimate of drug-likeness (QED) is 0.663. The third-order valence-corrected chi connectivity index (χ3v) is 4.02. The average Bonchev–Trinajstić information content (AvgIpc) is 2.65. The Hall–Kier alpha value is -2.89. The highest BCUT2D eigenvalue weighted by Crippen LogP contribution is 2.18. The first kappa shape index (κ1) is 20.4. The summed E-state index contributed by atoms with van der Waals surface area (Å²) in [6.07, 6.45) is 1.43. The number of carboxylic acid groups (broad SMARTS) is 1. The second kappa shape index (κ2) is 10.3. The van der Waals surface area contributed by atoms with Gasteiger partial charge in [-0.3, -0.25) is 9.59 Å². The highest BCUT2D eigenvalue weighted by atomic mass is 19.1. The van der Waals surface area contributed by atoms with E-state index in [1.54, 1.807) is 0 Å². The molecule has 27 heavy (non-hydrogen) atoms. The van der Waals surface area contributed by atoms with Crippen LogP contribution < -0.4 is 10.1 Å². The summed E-state index contributed by atoms with van der Waals surface area (Å²) in [7, 11) is 0. The number of hydrogen-bond donors (Lipinski definition) is 2. The maximum atomic E-state index is 13.1. The molecule has 0 aliphatic rings. The van der Waals surface area contributed by atoms with Gasteiger partial charge in [-0.15, -0.1) is 0 Å². The summed E-state index contributed by atoms with van der Waals surface area (Å²) < 4.78 is 18.6. The Labute approximate surface area is 158 Å². The van der Waals surface area contributed by atoms with E-state index in [1.165, 1.54) is 24.3 Å². The standard InChI is InChI=1S/C21H24FNO4/c1-2-13-27-18-10-3-15(4-11-18)5-12-20(24)23-19(14-21(25)26)16-6-8-17(22)9-7-16/h3-4,6-11,19H,2,5,12-14H2,1H3,(H,23,24)(H,25,26). The summed E-state index contributed by atoms with van der Waals surface area (Å²) in [6, 6.07) is 12.3. The van der Waals surface area contributed by atoms with Gasteiger partial charge in [0, 0.05) is 6.42 Å². The summed E-state index contributed by atoms with van der Waals surface area (Å²) in [5.74, 6) is -0.905. The molecule has 2 aromatic carbocycles. The minimum absolute atomic E-state index is 0.229. The molecule has 0 saturated heterocycles. The highest BCUT2D eigenvalue weighted by molar-refractivity contribution is 5.78. The zero-order chi connectivity index (χ0) is 19.6. The van der Waals surface area contributed by atoms with E-state index >= 15 is 0 Å². The molecule has 2 rings (SSSR count). The monoisotopic (exact) mass is 373 g/mol. The number of benzene rings is 2. The van der Waals surface area contributed by atoms with Crippen LogP contribution in [0.5, 0.6) is 5.75 Å². The van der Waals surface area contributed by atoms with Crippen LogP contribution >= 0.6 is 0 Å². The molecule has 0 aliphatic carbocycles. The van der Waals surface area contributed by atoms with Crippen molar-refractivity contribution in [3.63, 3.8) is 0 Å². The molecule has 0 aliphatic heterocycles. The van der Waals surface area contributed by atoms with Gasteiger partial charge in [-0.1, -0.05) is 31.2 Å². The molecule has 0 spiro atoms. The molecule has 1 unspecified atom stereocenters. The molecule has 0 aromatic heterocycles. The number of amides is 1. The van der Waals surface area contributed by atoms with Gasteiger partial charge < -0.3 is 15.2 Å². The van der Waals surface area contributed by atoms with E-state index in [0.29, 0.717) is 18.6 Å². The van der Waals surface area contributed by atoms with Crippen molar-refractivity contribution in [1.82, 2.24) is 5.32 Å². The zero-order valence-electron chi connectivity index (χ0n) is 15.3. The van der Waals surface area contributed by atoms with E-state index in [9.17, 15) is 14.0 Å². The Morgan fingerprint density at radius 2 is 1.78 bits per heavy atom. The van der Waals surface area contributed by atoms with Crippen LogP contribution in [0.15, 0.2) is 48.5 Å². The van der Waals surface area contributed by atoms with Crippen LogP contribution in [0.2, 0.25) is 0 Å². The van der Waals surface area contributed by atoms with Gasteiger partial charge in [0.25, 0.3) is 0 Å². The van der Waals surface area contributed by atoms with Crippen molar-refractivity contribution in [2.75, 3.05) is 6.61 Å². The Morgan fingerprint density at radius 3 is 2.37 bits per heavy atom. The van der Waals surface area contributed by atoms with E-state index in [2.05, 4.69) is 5.32 Å². The number of ether oxygens (including phenoxy) is 1. The predicted molar refractivity (Wildman–Crippen MR) is 100 cm³/mol. The van der Waals surface area contributed by atoms with Gasteiger partial charge in [-0.25, -0.2) is 4.39 Å². The minimum Gasteiger partial charge on any atom is -0.494 e. The van der Waals surface area contributed by atoms with Crippen LogP contribution in [0.4, 0.5) is 4.39 Å². The van der Waals surface area contributed by atoms with E-state index in [-0.39, 0.29) is 18.7 Å². The molecule has 0 heterocycles. The first-order valence-corrected chi connectivity index (χ1v) is 8.96. The maximum Gasteiger partial charge on any atom is 0.305 e. The van der Waals surface area contributed by atoms with Crippen molar-refractivity contribution in [2.45, 2.75) is 38.6 Å². The van der Waals surface area contributed by atoms with Gasteiger partial charge in [0.1, 0.15) is 11.6 Å². The fourth-order valence-corrected chi connectivity index (χ4v) is 2.62. The van der Waals surface area contributed by atoms with Crippen molar-refractivity contribution in [3.8, 4) is 5.75 Å². The molecule has 1 amide bonds. The van der Waals surface area contributed by atoms with E-state index in [0.717, 1.165) is 17.7 Å². The molecule has 0 radical (unpaired) electrons. The number of aryl methyl sites for hydroxylation is 1. The lowest BCUT2D eigenvalue weighted by atomic mass is 10.0. The van der Waals surface area contributed by atoms with Gasteiger partial charge >= 0.3 is 5.97 Å². The molecule has 0 fully saturated rings. The number of halogens is 1. The lowest BCUT2D eigenvalue weighted by Crippen LogP contribution is -2.30. The molecular formula is C21H24FNO4. The van der Waals surface area contributed by atoms with Crippen LogP contribution in [0.25, 0.3) is 0 Å². The minimum atomic E-state index is -1.03. The lowest BCUT2D eigenvalue weighted by Gasteiger charge is -2.17. The number of carbonyl (C=O) groups is 2. The van der Waals surface area contributed by atoms with Gasteiger partial charge in [-0.05, 0) is 48.2 Å². The van der Waals surface area contributed by atoms with Crippen LogP contribution in [0.1, 0.15) is 43.4 Å². The molecule has 144 valence electrons. The summed E-state index contributed by atoms with van der Waals surface area (Å²) in [4.78, 5) is 23.3. The van der Waals surface area contributed by atoms with Crippen LogP contribution in [0.3, 0.4) is 0 Å². The Balaban J connectivity index is 1.91. The first-order valence-electron chi connectivity index (χ1n) is 8.96. The summed E-state index contributed by atoms with van der Waals surface area (Å²) >= 11 is 0. The van der Waals surface area contributed by atoms with Gasteiger partial charge in [-0.2, -0.15) is 0 Å². The zero-order valence-corrected chi connectivity index (χ0v) is 15.3. The van der Waals surface area contributed by atoms with E-state index < -0.39 is 17.8 Å². The van der Waals surface area contributed by atoms with Crippen molar-refractivity contribution in [1.29, 1.82) is 0 Å². The summed E-state index contributed by atoms with van der Waals surface area (Å²) in [5, 5.41) is 11.8. The second-order valence-electron chi connectivity index (χ2n) is 6.26. The topological polar surface area (TPSA) is 75.6 Å². The molecule has 6 heteroatoms. The van der Waals surface area contributed by atoms with E-state index in [4.69, 9.17) is 9.84 Å². The van der Waals surface area contributed by atoms with E-state index in [1.807, 2.05) is 31.2 Å². The van der Waals surface area contributed by atoms with Crippen molar-refractivity contribution < 1.29 is 23.8 Å². The molecule has 5 nitrogen and oxygen atoms in total. The smallest absolute Gasteiger partial charge is 0.305 e. The summed E-state index contributed by atoms with van der Waals surface area (Å²) in [5.41, 5.74) is 1.55. The van der Waals surface area contributed by atoms with Gasteiger partial charge in [0.2, 0.25) is 5.91 Å². The fourth-order valence-electron chi connectivity index (χ4n) is 2.62. The fraction of sp³-hybridized carbons (Fsp3) is 0.333. The largest absolute Gasteiger partial charge is 0.494 e. The third kappa shape index (κ3) is 7.09. The third-order valence-electron chi connectivity index (χ3n) is 4.02. The molecule has 2 N–H and O–H groups in total. The maximum absolute atomic E-state index is 13.1. The number of hydrogen-bond acceptors (Lipinski definition) is 3. The van der Waals surface area contributed by atoms with Gasteiger partial charge in [0.05, 0.1) is 19.1 Å². The Morgan fingerprint density at radius 1 is 1.11 bits per heavy atom. The van der Waals surface area contributed by atoms with Crippen LogP contribution in [0, 0.1) is 5.82 Å². The molecule has 0 bridgehead atoms. The van der Waals surface area contributed by atoms with Crippen molar-refractivity contribution in [2.24, 2.45) is 0 Å². The number of aliphatic carboxylic acids is 1. The number of nitrogens with one attached hydrogen (secondary N) is 1. The molecule has 1 atom stereocenters. The molecule has 2 aromatic rings. The first-order chi connectivity index (χ1) is 13.0. The number of carbonyl (C=O) groups excluding carboxylic acids is 1. The molecule has 0 saturated carbocycles. The Kier molecular flexibility index (Phi) is 7.79. The van der Waals surface area contributed by atoms with Gasteiger partial charge in [0.15, 0.2) is 0 Å². The van der Waals surface area contributed by atoms with Crippen LogP contribution in [-0.2, 0) is 16.0 Å².